The van der Waals surface area contributed by atoms with Crippen molar-refractivity contribution in [3.63, 3.8) is 0 Å². The Morgan fingerprint density at radius 3 is 2.07 bits per heavy atom. The van der Waals surface area contributed by atoms with Gasteiger partial charge in [-0.2, -0.15) is 0 Å². The fourth-order valence-corrected chi connectivity index (χ4v) is 3.31. The number of ether oxygens (including phenoxy) is 2. The number of likely N-dealkylation sites (tertiary alicyclic amines) is 1. The minimum absolute atomic E-state index is 0.0568. The lowest BCUT2D eigenvalue weighted by Crippen LogP contribution is -2.46. The summed E-state index contributed by atoms with van der Waals surface area (Å²) in [5, 5.41) is 3.05. The molecule has 2 aromatic rings. The van der Waals surface area contributed by atoms with Gasteiger partial charge in [0.2, 0.25) is 0 Å². The van der Waals surface area contributed by atoms with Gasteiger partial charge in [-0.25, -0.2) is 0 Å². The lowest BCUT2D eigenvalue weighted by atomic mass is 10.0. The van der Waals surface area contributed by atoms with Crippen LogP contribution in [0.25, 0.3) is 0 Å². The predicted octanol–water partition coefficient (Wildman–Crippen LogP) is 2.74. The van der Waals surface area contributed by atoms with E-state index in [1.54, 1.807) is 35.2 Å². The smallest absolute Gasteiger partial charge is 0.261 e. The molecule has 1 heterocycles. The number of amides is 2. The average Bonchev–Trinajstić information content (AvgIpc) is 2.73. The van der Waals surface area contributed by atoms with Crippen LogP contribution >= 0.6 is 0 Å². The lowest BCUT2D eigenvalue weighted by molar-refractivity contribution is 0.0691. The monoisotopic (exact) mass is 368 g/mol. The molecule has 27 heavy (non-hydrogen) atoms. The Labute approximate surface area is 159 Å². The van der Waals surface area contributed by atoms with Crippen molar-refractivity contribution in [2.75, 3.05) is 27.3 Å². The van der Waals surface area contributed by atoms with E-state index in [9.17, 15) is 9.59 Å². The van der Waals surface area contributed by atoms with Gasteiger partial charge in [0.15, 0.2) is 0 Å². The van der Waals surface area contributed by atoms with Crippen LogP contribution in [0, 0.1) is 0 Å². The summed E-state index contributed by atoms with van der Waals surface area (Å²) in [4.78, 5) is 27.1. The van der Waals surface area contributed by atoms with Crippen molar-refractivity contribution in [1.82, 2.24) is 10.2 Å². The molecule has 0 bridgehead atoms. The lowest BCUT2D eigenvalue weighted by Gasteiger charge is -2.33. The molecular weight excluding hydrogens is 344 g/mol. The zero-order valence-corrected chi connectivity index (χ0v) is 15.6. The van der Waals surface area contributed by atoms with Gasteiger partial charge in [-0.15, -0.1) is 0 Å². The molecule has 6 heteroatoms. The second kappa shape index (κ2) is 8.58. The Bertz CT molecular complexity index is 777. The molecule has 1 aliphatic heterocycles. The number of nitrogens with one attached hydrogen (secondary N) is 1. The number of carbonyl (C=O) groups excluding carboxylic acids is 2. The van der Waals surface area contributed by atoms with Crippen molar-refractivity contribution in [2.24, 2.45) is 0 Å². The van der Waals surface area contributed by atoms with Crippen LogP contribution in [0.3, 0.4) is 0 Å². The summed E-state index contributed by atoms with van der Waals surface area (Å²) >= 11 is 0. The molecule has 1 N–H and O–H groups in total. The van der Waals surface area contributed by atoms with Gasteiger partial charge in [0.05, 0.1) is 14.2 Å². The van der Waals surface area contributed by atoms with E-state index in [0.717, 1.165) is 0 Å². The van der Waals surface area contributed by atoms with E-state index in [0.29, 0.717) is 48.6 Å². The first kappa shape index (κ1) is 18.8. The number of piperidine rings is 1. The van der Waals surface area contributed by atoms with Crippen LogP contribution in [-0.2, 0) is 0 Å². The van der Waals surface area contributed by atoms with Crippen LogP contribution in [0.2, 0.25) is 0 Å². The molecule has 1 aliphatic rings. The second-order valence-electron chi connectivity index (χ2n) is 6.44. The minimum atomic E-state index is -0.114. The quantitative estimate of drug-likeness (QED) is 0.881. The van der Waals surface area contributed by atoms with Crippen molar-refractivity contribution in [2.45, 2.75) is 18.9 Å². The van der Waals surface area contributed by atoms with Crippen LogP contribution in [-0.4, -0.2) is 50.1 Å². The summed E-state index contributed by atoms with van der Waals surface area (Å²) in [6, 6.07) is 14.5. The van der Waals surface area contributed by atoms with E-state index < -0.39 is 0 Å². The summed E-state index contributed by atoms with van der Waals surface area (Å²) < 4.78 is 10.7. The first-order chi connectivity index (χ1) is 13.1. The van der Waals surface area contributed by atoms with Gasteiger partial charge in [0.1, 0.15) is 17.1 Å². The van der Waals surface area contributed by atoms with Crippen LogP contribution in [0.5, 0.6) is 11.5 Å². The van der Waals surface area contributed by atoms with E-state index >= 15 is 0 Å². The molecule has 0 unspecified atom stereocenters. The fourth-order valence-electron chi connectivity index (χ4n) is 3.31. The number of carbonyl (C=O) groups is 2. The molecular formula is C21H24N2O4. The Hall–Kier alpha value is -3.02. The number of hydrogen-bond acceptors (Lipinski definition) is 4. The third-order valence-electron chi connectivity index (χ3n) is 4.80. The molecule has 142 valence electrons. The maximum absolute atomic E-state index is 13.0. The van der Waals surface area contributed by atoms with Gasteiger partial charge in [0.25, 0.3) is 11.8 Å². The molecule has 2 amide bonds. The topological polar surface area (TPSA) is 67.9 Å². The molecule has 0 aromatic heterocycles. The van der Waals surface area contributed by atoms with Crippen molar-refractivity contribution in [3.05, 3.63) is 59.7 Å². The number of methoxy groups -OCH3 is 2. The van der Waals surface area contributed by atoms with Crippen molar-refractivity contribution in [1.29, 1.82) is 0 Å². The third-order valence-corrected chi connectivity index (χ3v) is 4.80. The molecule has 0 saturated carbocycles. The number of nitrogens with zero attached hydrogens (tertiary/aromatic N) is 1. The van der Waals surface area contributed by atoms with Gasteiger partial charge in [-0.1, -0.05) is 24.3 Å². The first-order valence-electron chi connectivity index (χ1n) is 9.00. The third kappa shape index (κ3) is 4.22. The summed E-state index contributed by atoms with van der Waals surface area (Å²) in [6.07, 6.45) is 1.42. The van der Waals surface area contributed by atoms with Gasteiger partial charge in [-0.05, 0) is 37.1 Å². The maximum atomic E-state index is 13.0. The molecule has 1 saturated heterocycles. The normalized spacial score (nSPS) is 14.5. The summed E-state index contributed by atoms with van der Waals surface area (Å²) in [7, 11) is 3.08. The minimum Gasteiger partial charge on any atom is -0.496 e. The summed E-state index contributed by atoms with van der Waals surface area (Å²) in [5.41, 5.74) is 1.09. The van der Waals surface area contributed by atoms with Crippen molar-refractivity contribution < 1.29 is 19.1 Å². The predicted molar refractivity (Wildman–Crippen MR) is 102 cm³/mol. The Morgan fingerprint density at radius 1 is 0.926 bits per heavy atom. The fraction of sp³-hybridized carbons (Fsp3) is 0.333. The second-order valence-corrected chi connectivity index (χ2v) is 6.44. The van der Waals surface area contributed by atoms with E-state index in [1.165, 1.54) is 14.2 Å². The first-order valence-corrected chi connectivity index (χ1v) is 9.00. The zero-order valence-electron chi connectivity index (χ0n) is 15.6. The molecule has 0 radical (unpaired) electrons. The van der Waals surface area contributed by atoms with Crippen molar-refractivity contribution in [3.8, 4) is 11.5 Å². The SMILES string of the molecule is COc1cccc(OC)c1C(=O)N1CCC(NC(=O)c2ccccc2)CC1. The molecule has 3 rings (SSSR count). The number of benzene rings is 2. The highest BCUT2D eigenvalue weighted by Gasteiger charge is 2.28. The highest BCUT2D eigenvalue weighted by atomic mass is 16.5. The summed E-state index contributed by atoms with van der Waals surface area (Å²) in [6.45, 7) is 1.14. The van der Waals surface area contributed by atoms with Gasteiger partial charge >= 0.3 is 0 Å². The Kier molecular flexibility index (Phi) is 5.96. The van der Waals surface area contributed by atoms with Crippen LogP contribution in [0.15, 0.2) is 48.5 Å². The molecule has 0 atom stereocenters. The zero-order chi connectivity index (χ0) is 19.2. The number of hydrogen-bond donors (Lipinski definition) is 1. The Balaban J connectivity index is 1.63. The molecule has 0 aliphatic carbocycles. The van der Waals surface area contributed by atoms with E-state index in [2.05, 4.69) is 5.32 Å². The highest BCUT2D eigenvalue weighted by Crippen LogP contribution is 2.30. The standard InChI is InChI=1S/C21H24N2O4/c1-26-17-9-6-10-18(27-2)19(17)21(25)23-13-11-16(12-14-23)22-20(24)15-7-4-3-5-8-15/h3-10,16H,11-14H2,1-2H3,(H,22,24). The van der Waals surface area contributed by atoms with Crippen LogP contribution < -0.4 is 14.8 Å². The largest absolute Gasteiger partial charge is 0.496 e. The van der Waals surface area contributed by atoms with Crippen LogP contribution in [0.4, 0.5) is 0 Å². The molecule has 1 fully saturated rings. The summed E-state index contributed by atoms with van der Waals surface area (Å²) in [5.74, 6) is 0.807. The van der Waals surface area contributed by atoms with Gasteiger partial charge < -0.3 is 19.7 Å². The van der Waals surface area contributed by atoms with E-state index in [-0.39, 0.29) is 17.9 Å². The van der Waals surface area contributed by atoms with Gasteiger partial charge in [0, 0.05) is 24.7 Å². The highest BCUT2D eigenvalue weighted by molar-refractivity contribution is 6.00. The molecule has 0 spiro atoms. The number of rotatable bonds is 5. The van der Waals surface area contributed by atoms with Gasteiger partial charge in [-0.3, -0.25) is 9.59 Å². The van der Waals surface area contributed by atoms with Crippen molar-refractivity contribution >= 4 is 11.8 Å². The maximum Gasteiger partial charge on any atom is 0.261 e. The Morgan fingerprint density at radius 2 is 1.52 bits per heavy atom. The average molecular weight is 368 g/mol. The van der Waals surface area contributed by atoms with E-state index in [4.69, 9.17) is 9.47 Å². The van der Waals surface area contributed by atoms with Crippen LogP contribution in [0.1, 0.15) is 33.6 Å². The molecule has 6 nitrogen and oxygen atoms in total. The van der Waals surface area contributed by atoms with E-state index in [1.807, 2.05) is 18.2 Å². The molecule has 2 aromatic carbocycles.